The smallest absolute Gasteiger partial charge is 0.0869 e. The zero-order valence-corrected chi connectivity index (χ0v) is 8.44. The Kier molecular flexibility index (Phi) is 6.91. The Morgan fingerprint density at radius 3 is 2.33 bits per heavy atom. The van der Waals surface area contributed by atoms with Gasteiger partial charge in [0.1, 0.15) is 0 Å². The van der Waals surface area contributed by atoms with Crippen molar-refractivity contribution in [3.05, 3.63) is 0 Å². The molecule has 0 nitrogen and oxygen atoms in total. The third-order valence-corrected chi connectivity index (χ3v) is 3.07. The van der Waals surface area contributed by atoms with E-state index in [2.05, 4.69) is 6.92 Å². The Hall–Kier alpha value is 1.30. The lowest BCUT2D eigenvalue weighted by Gasteiger charge is -2.06. The van der Waals surface area contributed by atoms with E-state index in [1.807, 2.05) is 0 Å². The maximum Gasteiger partial charge on any atom is 0.0869 e. The summed E-state index contributed by atoms with van der Waals surface area (Å²) in [6, 6.07) is 0. The Bertz CT molecular complexity index is 67.2. The molecule has 0 aromatic heterocycles. The first-order valence-electron chi connectivity index (χ1n) is 2.90. The summed E-state index contributed by atoms with van der Waals surface area (Å²) in [5.74, 6) is 0. The molecule has 0 radical (unpaired) electrons. The summed E-state index contributed by atoms with van der Waals surface area (Å²) in [5.41, 5.74) is 0. The predicted octanol–water partition coefficient (Wildman–Crippen LogP) is 4.18. The molecule has 0 spiro atoms. The van der Waals surface area contributed by atoms with Gasteiger partial charge in [-0.05, 0) is 6.42 Å². The highest BCUT2D eigenvalue weighted by molar-refractivity contribution is 8.04. The van der Waals surface area contributed by atoms with Gasteiger partial charge in [0.2, 0.25) is 0 Å². The molecule has 0 bridgehead atoms. The molecule has 0 saturated carbocycles. The van der Waals surface area contributed by atoms with E-state index in [-0.39, 0.29) is 5.38 Å². The Morgan fingerprint density at radius 2 is 2.00 bits per heavy atom. The van der Waals surface area contributed by atoms with Crippen LogP contribution in [0.3, 0.4) is 0 Å². The second-order valence-corrected chi connectivity index (χ2v) is 6.43. The molecule has 0 saturated heterocycles. The van der Waals surface area contributed by atoms with Gasteiger partial charge >= 0.3 is 0 Å². The lowest BCUT2D eigenvalue weighted by molar-refractivity contribution is 0.785. The van der Waals surface area contributed by atoms with Gasteiger partial charge in [0, 0.05) is 11.5 Å². The molecule has 0 aliphatic carbocycles. The van der Waals surface area contributed by atoms with Crippen LogP contribution in [0, 0.1) is 0 Å². The molecule has 0 aromatic carbocycles. The minimum Gasteiger partial charge on any atom is -0.123 e. The molecule has 0 aliphatic rings. The molecule has 0 aromatic rings. The van der Waals surface area contributed by atoms with Gasteiger partial charge < -0.3 is 0 Å². The van der Waals surface area contributed by atoms with E-state index < -0.39 is 6.63 Å². The molecule has 0 amide bonds. The minimum absolute atomic E-state index is 0.177. The van der Waals surface area contributed by atoms with Gasteiger partial charge in [-0.25, -0.2) is 0 Å². The molecule has 4 heteroatoms. The van der Waals surface area contributed by atoms with Crippen molar-refractivity contribution in [3.63, 3.8) is 0 Å². The van der Waals surface area contributed by atoms with Crippen molar-refractivity contribution in [2.75, 3.05) is 6.16 Å². The van der Waals surface area contributed by atoms with Crippen LogP contribution in [-0.2, 0) is 0 Å². The zero-order valence-electron chi connectivity index (χ0n) is 5.28. The summed E-state index contributed by atoms with van der Waals surface area (Å²) in [6.45, 7) is 1.26. The average molecular weight is 207 g/mol. The highest BCUT2D eigenvalue weighted by Crippen LogP contribution is 2.48. The van der Waals surface area contributed by atoms with Crippen molar-refractivity contribution < 1.29 is 0 Å². The van der Waals surface area contributed by atoms with Crippen molar-refractivity contribution in [2.45, 2.75) is 25.1 Å². The predicted molar refractivity (Wildman–Crippen MR) is 48.0 cm³/mol. The lowest BCUT2D eigenvalue weighted by Crippen LogP contribution is -1.99. The SMILES string of the molecule is CCCC(Cl)CP(Cl)Cl. The van der Waals surface area contributed by atoms with E-state index >= 15 is 0 Å². The fraction of sp³-hybridized carbons (Fsp3) is 1.00. The normalized spacial score (nSPS) is 14.3. The fourth-order valence-electron chi connectivity index (χ4n) is 0.554. The van der Waals surface area contributed by atoms with Crippen LogP contribution in [0.4, 0.5) is 0 Å². The second-order valence-electron chi connectivity index (χ2n) is 1.87. The van der Waals surface area contributed by atoms with Crippen LogP contribution in [0.5, 0.6) is 0 Å². The molecule has 0 heterocycles. The van der Waals surface area contributed by atoms with Crippen LogP contribution in [0.25, 0.3) is 0 Å². The van der Waals surface area contributed by atoms with E-state index in [1.54, 1.807) is 0 Å². The monoisotopic (exact) mass is 206 g/mol. The number of hydrogen-bond acceptors (Lipinski definition) is 0. The standard InChI is InChI=1S/C5H10Cl3P/c1-2-3-5(6)4-9(7)8/h5H,2-4H2,1H3. The first-order valence-corrected chi connectivity index (χ1v) is 6.67. The van der Waals surface area contributed by atoms with Gasteiger partial charge in [0.05, 0.1) is 6.63 Å². The van der Waals surface area contributed by atoms with Crippen molar-refractivity contribution in [1.29, 1.82) is 0 Å². The van der Waals surface area contributed by atoms with E-state index in [0.29, 0.717) is 0 Å². The summed E-state index contributed by atoms with van der Waals surface area (Å²) >= 11 is 16.9. The van der Waals surface area contributed by atoms with Crippen molar-refractivity contribution >= 4 is 40.7 Å². The first kappa shape index (κ1) is 10.3. The highest BCUT2D eigenvalue weighted by atomic mass is 35.9. The van der Waals surface area contributed by atoms with Crippen LogP contribution in [0.15, 0.2) is 0 Å². The van der Waals surface area contributed by atoms with Crippen LogP contribution >= 0.6 is 40.7 Å². The summed E-state index contributed by atoms with van der Waals surface area (Å²) in [5, 5.41) is 0.177. The molecular formula is C5H10Cl3P. The Morgan fingerprint density at radius 1 is 1.44 bits per heavy atom. The summed E-state index contributed by atoms with van der Waals surface area (Å²) in [4.78, 5) is 0. The highest BCUT2D eigenvalue weighted by Gasteiger charge is 2.07. The van der Waals surface area contributed by atoms with Crippen LogP contribution in [-0.4, -0.2) is 11.5 Å². The van der Waals surface area contributed by atoms with Crippen LogP contribution < -0.4 is 0 Å². The van der Waals surface area contributed by atoms with Crippen molar-refractivity contribution in [1.82, 2.24) is 0 Å². The summed E-state index contributed by atoms with van der Waals surface area (Å²) in [7, 11) is 0. The number of rotatable bonds is 4. The number of alkyl halides is 1. The second kappa shape index (κ2) is 6.04. The van der Waals surface area contributed by atoms with Crippen molar-refractivity contribution in [3.8, 4) is 0 Å². The van der Waals surface area contributed by atoms with Gasteiger partial charge in [0.15, 0.2) is 0 Å². The van der Waals surface area contributed by atoms with E-state index in [0.717, 1.165) is 19.0 Å². The van der Waals surface area contributed by atoms with Crippen LogP contribution in [0.1, 0.15) is 19.8 Å². The molecule has 1 atom stereocenters. The van der Waals surface area contributed by atoms with Crippen LogP contribution in [0.2, 0.25) is 0 Å². The number of halogens is 3. The van der Waals surface area contributed by atoms with Gasteiger partial charge in [-0.1, -0.05) is 35.8 Å². The van der Waals surface area contributed by atoms with Gasteiger partial charge in [0.25, 0.3) is 0 Å². The summed E-state index contributed by atoms with van der Waals surface area (Å²) < 4.78 is 0. The van der Waals surface area contributed by atoms with E-state index in [4.69, 9.17) is 34.1 Å². The molecule has 1 unspecified atom stereocenters. The molecule has 0 N–H and O–H groups in total. The van der Waals surface area contributed by atoms with Crippen molar-refractivity contribution in [2.24, 2.45) is 0 Å². The minimum atomic E-state index is -0.839. The topological polar surface area (TPSA) is 0 Å². The molecular weight excluding hydrogens is 197 g/mol. The fourth-order valence-corrected chi connectivity index (χ4v) is 3.09. The maximum absolute atomic E-state index is 5.82. The van der Waals surface area contributed by atoms with Gasteiger partial charge in [-0.2, -0.15) is 0 Å². The maximum atomic E-state index is 5.82. The van der Waals surface area contributed by atoms with E-state index in [1.165, 1.54) is 0 Å². The van der Waals surface area contributed by atoms with Gasteiger partial charge in [-0.3, -0.25) is 0 Å². The average Bonchev–Trinajstić information content (AvgIpc) is 1.63. The molecule has 56 valence electrons. The van der Waals surface area contributed by atoms with Gasteiger partial charge in [-0.15, -0.1) is 11.6 Å². The third kappa shape index (κ3) is 7.19. The first-order chi connectivity index (χ1) is 4.16. The quantitative estimate of drug-likeness (QED) is 0.479. The van der Waals surface area contributed by atoms with E-state index in [9.17, 15) is 0 Å². The molecule has 0 rings (SSSR count). The lowest BCUT2D eigenvalue weighted by atomic mass is 10.3. The molecule has 9 heavy (non-hydrogen) atoms. The Labute approximate surface area is 72.2 Å². The Balaban J connectivity index is 3.15. The zero-order chi connectivity index (χ0) is 7.28. The third-order valence-electron chi connectivity index (χ3n) is 0.938. The summed E-state index contributed by atoms with van der Waals surface area (Å²) in [6.07, 6.45) is 2.87. The molecule has 0 aliphatic heterocycles. The number of hydrogen-bond donors (Lipinski definition) is 0. The molecule has 0 fully saturated rings. The largest absolute Gasteiger partial charge is 0.123 e.